The zero-order valence-electron chi connectivity index (χ0n) is 16.7. The quantitative estimate of drug-likeness (QED) is 0.834. The highest BCUT2D eigenvalue weighted by molar-refractivity contribution is 7.99. The largest absolute Gasteiger partial charge is 0.329 e. The van der Waals surface area contributed by atoms with E-state index in [-0.39, 0.29) is 17.9 Å². The molecule has 29 heavy (non-hydrogen) atoms. The number of aryl methyl sites for hydroxylation is 1. The number of carbonyl (C=O) groups excluding carboxylic acids is 2. The van der Waals surface area contributed by atoms with Gasteiger partial charge in [-0.05, 0) is 49.9 Å². The Labute approximate surface area is 175 Å². The number of hydrogen-bond donors (Lipinski definition) is 1. The molecular formula is C21H27N5O2S. The summed E-state index contributed by atoms with van der Waals surface area (Å²) in [5.41, 5.74) is 0.801. The van der Waals surface area contributed by atoms with E-state index in [0.29, 0.717) is 13.1 Å². The lowest BCUT2D eigenvalue weighted by molar-refractivity contribution is -0.121. The average Bonchev–Trinajstić information content (AvgIpc) is 3.41. The summed E-state index contributed by atoms with van der Waals surface area (Å²) in [5.74, 6) is 0.00187. The maximum atomic E-state index is 12.6. The van der Waals surface area contributed by atoms with E-state index in [4.69, 9.17) is 0 Å². The summed E-state index contributed by atoms with van der Waals surface area (Å²) in [6.07, 6.45) is 7.34. The highest BCUT2D eigenvalue weighted by Crippen LogP contribution is 2.27. The van der Waals surface area contributed by atoms with Gasteiger partial charge in [-0.3, -0.25) is 4.79 Å². The molecule has 154 valence electrons. The van der Waals surface area contributed by atoms with Gasteiger partial charge in [0.05, 0.1) is 0 Å². The summed E-state index contributed by atoms with van der Waals surface area (Å²) < 4.78 is 1.97. The number of benzene rings is 1. The fourth-order valence-corrected chi connectivity index (χ4v) is 4.65. The molecule has 0 unspecified atom stereocenters. The highest BCUT2D eigenvalue weighted by Gasteiger charge is 2.30. The van der Waals surface area contributed by atoms with Crippen LogP contribution in [0.25, 0.3) is 0 Å². The van der Waals surface area contributed by atoms with Gasteiger partial charge in [-0.1, -0.05) is 11.8 Å². The van der Waals surface area contributed by atoms with Gasteiger partial charge in [0.1, 0.15) is 0 Å². The zero-order chi connectivity index (χ0) is 20.2. The predicted octanol–water partition coefficient (Wildman–Crippen LogP) is 3.44. The Bertz CT molecular complexity index is 852. The van der Waals surface area contributed by atoms with Crippen molar-refractivity contribution >= 4 is 29.4 Å². The maximum absolute atomic E-state index is 12.6. The van der Waals surface area contributed by atoms with Gasteiger partial charge < -0.3 is 19.7 Å². The van der Waals surface area contributed by atoms with Crippen molar-refractivity contribution in [2.24, 2.45) is 13.0 Å². The number of anilines is 1. The highest BCUT2D eigenvalue weighted by atomic mass is 32.2. The van der Waals surface area contributed by atoms with Crippen molar-refractivity contribution in [2.75, 3.05) is 31.5 Å². The van der Waals surface area contributed by atoms with Crippen LogP contribution < -0.4 is 5.32 Å². The second kappa shape index (κ2) is 8.90. The van der Waals surface area contributed by atoms with Crippen LogP contribution in [0, 0.1) is 5.92 Å². The van der Waals surface area contributed by atoms with Crippen LogP contribution in [0.15, 0.2) is 46.7 Å². The number of piperidine rings is 1. The molecule has 0 bridgehead atoms. The van der Waals surface area contributed by atoms with Gasteiger partial charge in [0.25, 0.3) is 0 Å². The lowest BCUT2D eigenvalue weighted by Crippen LogP contribution is -2.47. The predicted molar refractivity (Wildman–Crippen MR) is 113 cm³/mol. The van der Waals surface area contributed by atoms with E-state index in [9.17, 15) is 9.59 Å². The van der Waals surface area contributed by atoms with Crippen LogP contribution in [0.2, 0.25) is 0 Å². The molecule has 2 fully saturated rings. The number of imidazole rings is 1. The SMILES string of the molecule is Cn1ccnc1Sc1ccc(NC(=O)C2CCN(C(=O)N3CCCC3)CC2)cc1. The molecule has 3 heterocycles. The number of aromatic nitrogens is 2. The van der Waals surface area contributed by atoms with Crippen LogP contribution in [0.3, 0.4) is 0 Å². The van der Waals surface area contributed by atoms with E-state index in [0.717, 1.165) is 54.5 Å². The molecule has 4 rings (SSSR count). The first-order valence-electron chi connectivity index (χ1n) is 10.2. The maximum Gasteiger partial charge on any atom is 0.319 e. The Hall–Kier alpha value is -2.48. The number of likely N-dealkylation sites (tertiary alicyclic amines) is 2. The number of nitrogens with zero attached hydrogens (tertiary/aromatic N) is 4. The lowest BCUT2D eigenvalue weighted by Gasteiger charge is -2.34. The molecule has 1 aromatic heterocycles. The lowest BCUT2D eigenvalue weighted by atomic mass is 9.96. The molecule has 0 spiro atoms. The van der Waals surface area contributed by atoms with Crippen molar-refractivity contribution in [2.45, 2.75) is 35.7 Å². The number of nitrogens with one attached hydrogen (secondary N) is 1. The van der Waals surface area contributed by atoms with E-state index in [1.165, 1.54) is 0 Å². The van der Waals surface area contributed by atoms with Crippen LogP contribution in [-0.2, 0) is 11.8 Å². The van der Waals surface area contributed by atoms with Crippen molar-refractivity contribution in [3.8, 4) is 0 Å². The second-order valence-electron chi connectivity index (χ2n) is 7.67. The molecule has 8 heteroatoms. The molecule has 2 saturated heterocycles. The topological polar surface area (TPSA) is 70.5 Å². The van der Waals surface area contributed by atoms with E-state index in [1.807, 2.05) is 51.9 Å². The minimum absolute atomic E-state index is 0.0424. The summed E-state index contributed by atoms with van der Waals surface area (Å²) in [5, 5.41) is 3.95. The van der Waals surface area contributed by atoms with Crippen molar-refractivity contribution in [1.82, 2.24) is 19.4 Å². The monoisotopic (exact) mass is 413 g/mol. The molecule has 0 saturated carbocycles. The first-order valence-corrected chi connectivity index (χ1v) is 11.0. The van der Waals surface area contributed by atoms with Crippen molar-refractivity contribution in [3.63, 3.8) is 0 Å². The Balaban J connectivity index is 1.26. The third-order valence-electron chi connectivity index (χ3n) is 5.62. The number of carbonyl (C=O) groups is 2. The summed E-state index contributed by atoms with van der Waals surface area (Å²) >= 11 is 1.59. The van der Waals surface area contributed by atoms with Crippen LogP contribution >= 0.6 is 11.8 Å². The van der Waals surface area contributed by atoms with Crippen LogP contribution in [0.4, 0.5) is 10.5 Å². The van der Waals surface area contributed by atoms with Gasteiger partial charge in [0, 0.05) is 62.1 Å². The minimum atomic E-state index is -0.0424. The number of hydrogen-bond acceptors (Lipinski definition) is 4. The van der Waals surface area contributed by atoms with Crippen LogP contribution in [0.1, 0.15) is 25.7 Å². The first kappa shape index (κ1) is 19.8. The molecule has 2 aliphatic heterocycles. The standard InChI is InChI=1S/C21H27N5O2S/c1-24-15-10-22-20(24)29-18-6-4-17(5-7-18)23-19(27)16-8-13-26(14-9-16)21(28)25-11-2-3-12-25/h4-7,10,15-16H,2-3,8-9,11-14H2,1H3,(H,23,27). The van der Waals surface area contributed by atoms with Gasteiger partial charge in [-0.15, -0.1) is 0 Å². The normalized spacial score (nSPS) is 17.6. The summed E-state index contributed by atoms with van der Waals surface area (Å²) in [6, 6.07) is 7.98. The average molecular weight is 414 g/mol. The molecule has 2 aromatic rings. The third kappa shape index (κ3) is 4.75. The fraction of sp³-hybridized carbons (Fsp3) is 0.476. The van der Waals surface area contributed by atoms with Crippen LogP contribution in [0.5, 0.6) is 0 Å². The summed E-state index contributed by atoms with van der Waals surface area (Å²) in [6.45, 7) is 3.06. The van der Waals surface area contributed by atoms with Crippen molar-refractivity contribution < 1.29 is 9.59 Å². The summed E-state index contributed by atoms with van der Waals surface area (Å²) in [4.78, 5) is 34.3. The van der Waals surface area contributed by atoms with Gasteiger partial charge in [0.15, 0.2) is 5.16 Å². The fourth-order valence-electron chi connectivity index (χ4n) is 3.85. The summed E-state index contributed by atoms with van der Waals surface area (Å²) in [7, 11) is 1.97. The molecule has 3 amide bonds. The molecule has 1 N–H and O–H groups in total. The molecule has 7 nitrogen and oxygen atoms in total. The van der Waals surface area contributed by atoms with Gasteiger partial charge >= 0.3 is 6.03 Å². The van der Waals surface area contributed by atoms with E-state index in [1.54, 1.807) is 18.0 Å². The first-order chi connectivity index (χ1) is 14.1. The van der Waals surface area contributed by atoms with E-state index in [2.05, 4.69) is 10.3 Å². The zero-order valence-corrected chi connectivity index (χ0v) is 17.5. The molecule has 0 radical (unpaired) electrons. The Kier molecular flexibility index (Phi) is 6.08. The van der Waals surface area contributed by atoms with Gasteiger partial charge in [0.2, 0.25) is 5.91 Å². The molecule has 0 atom stereocenters. The van der Waals surface area contributed by atoms with E-state index < -0.39 is 0 Å². The van der Waals surface area contributed by atoms with Gasteiger partial charge in [-0.2, -0.15) is 0 Å². The number of urea groups is 1. The van der Waals surface area contributed by atoms with Gasteiger partial charge in [-0.25, -0.2) is 9.78 Å². The van der Waals surface area contributed by atoms with Crippen molar-refractivity contribution in [1.29, 1.82) is 0 Å². The number of amides is 3. The molecule has 1 aromatic carbocycles. The Morgan fingerprint density at radius 3 is 2.31 bits per heavy atom. The second-order valence-corrected chi connectivity index (χ2v) is 8.72. The molecular weight excluding hydrogens is 386 g/mol. The Morgan fingerprint density at radius 2 is 1.69 bits per heavy atom. The van der Waals surface area contributed by atoms with Crippen molar-refractivity contribution in [3.05, 3.63) is 36.7 Å². The van der Waals surface area contributed by atoms with E-state index >= 15 is 0 Å². The number of rotatable bonds is 4. The molecule has 0 aliphatic carbocycles. The smallest absolute Gasteiger partial charge is 0.319 e. The Morgan fingerprint density at radius 1 is 1.03 bits per heavy atom. The molecule has 2 aliphatic rings. The minimum Gasteiger partial charge on any atom is -0.329 e. The third-order valence-corrected chi connectivity index (χ3v) is 6.70. The van der Waals surface area contributed by atoms with Crippen LogP contribution in [-0.4, -0.2) is 57.5 Å².